The number of hydrogen-bond acceptors (Lipinski definition) is 1. The molecule has 0 aromatic heterocycles. The molecule has 0 saturated heterocycles. The first-order valence-corrected chi connectivity index (χ1v) is 13.1. The first-order valence-electron chi connectivity index (χ1n) is 4.15. The van der Waals surface area contributed by atoms with Crippen LogP contribution in [0, 0.1) is 0 Å². The summed E-state index contributed by atoms with van der Waals surface area (Å²) >= 11 is 9.58. The van der Waals surface area contributed by atoms with Gasteiger partial charge in [0.1, 0.15) is 0 Å². The van der Waals surface area contributed by atoms with E-state index in [4.69, 9.17) is 0 Å². The highest BCUT2D eigenvalue weighted by Crippen LogP contribution is 2.37. The molecule has 0 N–H and O–H groups in total. The highest BCUT2D eigenvalue weighted by Gasteiger charge is 2.58. The van der Waals surface area contributed by atoms with Gasteiger partial charge in [0.25, 0.3) is 10.1 Å². The Hall–Kier alpha value is 1.20. The molecule has 0 aromatic rings. The Balaban J connectivity index is 4.11. The van der Waals surface area contributed by atoms with Crippen molar-refractivity contribution in [3.05, 3.63) is 0 Å². The predicted octanol–water partition coefficient (Wildman–Crippen LogP) is 5.01. The second-order valence-electron chi connectivity index (χ2n) is 3.03. The van der Waals surface area contributed by atoms with Crippen molar-refractivity contribution >= 4 is 49.8 Å². The first kappa shape index (κ1) is 18.2. The molecular formula is C6H7Br3F6OSi. The van der Waals surface area contributed by atoms with E-state index in [2.05, 4.69) is 50.6 Å². The molecule has 1 nitrogen and oxygen atoms in total. The SMILES string of the molecule is FC(C(F)(F)F)C(F)(F)OCCC[Si](Br)(Br)Br. The fourth-order valence-corrected chi connectivity index (χ4v) is 3.81. The van der Waals surface area contributed by atoms with Gasteiger partial charge in [-0.1, -0.05) is 45.9 Å². The summed E-state index contributed by atoms with van der Waals surface area (Å²) in [5, 5.41) is 0. The summed E-state index contributed by atoms with van der Waals surface area (Å²) < 4.78 is 74.2. The van der Waals surface area contributed by atoms with E-state index in [9.17, 15) is 26.3 Å². The average molecular weight is 477 g/mol. The smallest absolute Gasteiger partial charge is 0.318 e. The van der Waals surface area contributed by atoms with Gasteiger partial charge in [-0.05, 0) is 12.5 Å². The lowest BCUT2D eigenvalue weighted by atomic mass is 10.3. The molecule has 0 heterocycles. The molecule has 104 valence electrons. The zero-order valence-electron chi connectivity index (χ0n) is 8.01. The lowest BCUT2D eigenvalue weighted by Gasteiger charge is -2.22. The summed E-state index contributed by atoms with van der Waals surface area (Å²) in [7, 11) is 0. The van der Waals surface area contributed by atoms with Crippen molar-refractivity contribution in [1.82, 2.24) is 0 Å². The molecule has 0 fully saturated rings. The van der Waals surface area contributed by atoms with Crippen LogP contribution in [0.2, 0.25) is 6.04 Å². The van der Waals surface area contributed by atoms with Gasteiger partial charge in [0, 0.05) is 0 Å². The minimum absolute atomic E-state index is 0.0636. The lowest BCUT2D eigenvalue weighted by Crippen LogP contribution is -2.43. The van der Waals surface area contributed by atoms with Gasteiger partial charge in [-0.3, -0.25) is 0 Å². The summed E-state index contributed by atoms with van der Waals surface area (Å²) in [6, 6.07) is 0.381. The van der Waals surface area contributed by atoms with E-state index in [1.54, 1.807) is 0 Å². The second-order valence-corrected chi connectivity index (χ2v) is 26.5. The van der Waals surface area contributed by atoms with Crippen LogP contribution in [0.4, 0.5) is 26.3 Å². The molecule has 0 radical (unpaired) electrons. The van der Waals surface area contributed by atoms with Crippen LogP contribution in [0.5, 0.6) is 0 Å². The van der Waals surface area contributed by atoms with Crippen LogP contribution in [0.1, 0.15) is 6.42 Å². The molecule has 0 aromatic carbocycles. The predicted molar refractivity (Wildman–Crippen MR) is 63.8 cm³/mol. The minimum Gasteiger partial charge on any atom is -0.318 e. The molecule has 0 saturated carbocycles. The number of rotatable bonds is 6. The number of ether oxygens (including phenoxy) is 1. The fourth-order valence-electron chi connectivity index (χ4n) is 0.745. The molecule has 0 rings (SSSR count). The van der Waals surface area contributed by atoms with Crippen LogP contribution in [0.25, 0.3) is 0 Å². The third-order valence-electron chi connectivity index (χ3n) is 1.48. The minimum atomic E-state index is -5.64. The normalized spacial score (nSPS) is 16.1. The maximum atomic E-state index is 12.6. The second kappa shape index (κ2) is 6.57. The first-order chi connectivity index (χ1) is 7.36. The quantitative estimate of drug-likeness (QED) is 0.227. The molecule has 0 aliphatic carbocycles. The van der Waals surface area contributed by atoms with Gasteiger partial charge < -0.3 is 4.74 Å². The summed E-state index contributed by atoms with van der Waals surface area (Å²) in [6.45, 7) is -0.666. The number of hydrogen-bond donors (Lipinski definition) is 0. The Morgan fingerprint density at radius 3 is 1.88 bits per heavy atom. The van der Waals surface area contributed by atoms with Crippen molar-refractivity contribution in [1.29, 1.82) is 0 Å². The van der Waals surface area contributed by atoms with Gasteiger partial charge in [0.05, 0.1) is 6.61 Å². The topological polar surface area (TPSA) is 9.23 Å². The van der Waals surface area contributed by atoms with Crippen molar-refractivity contribution in [2.45, 2.75) is 30.9 Å². The van der Waals surface area contributed by atoms with E-state index < -0.39 is 29.0 Å². The van der Waals surface area contributed by atoms with Crippen molar-refractivity contribution < 1.29 is 31.1 Å². The highest BCUT2D eigenvalue weighted by molar-refractivity contribution is 9.72. The third kappa shape index (κ3) is 8.06. The molecule has 11 heteroatoms. The van der Waals surface area contributed by atoms with E-state index in [0.717, 1.165) is 0 Å². The van der Waals surface area contributed by atoms with E-state index in [1.807, 2.05) is 0 Å². The molecule has 0 spiro atoms. The molecule has 1 unspecified atom stereocenters. The van der Waals surface area contributed by atoms with Gasteiger partial charge >= 0.3 is 12.3 Å². The Labute approximate surface area is 118 Å². The molecule has 1 atom stereocenters. The molecule has 0 aliphatic heterocycles. The van der Waals surface area contributed by atoms with Crippen LogP contribution in [-0.2, 0) is 4.74 Å². The van der Waals surface area contributed by atoms with Crippen LogP contribution in [-0.4, -0.2) is 29.0 Å². The standard InChI is InChI=1S/C6H7Br3F6OSi/c7-17(8,9)3-1-2-16-6(14,15)4(10)5(11,12)13/h4H,1-3H2. The summed E-state index contributed by atoms with van der Waals surface area (Å²) in [6.07, 6.45) is -14.7. The van der Waals surface area contributed by atoms with Crippen molar-refractivity contribution in [3.63, 3.8) is 0 Å². The number of halogens is 9. The molecule has 0 amide bonds. The maximum absolute atomic E-state index is 12.6. The van der Waals surface area contributed by atoms with Crippen LogP contribution in [0.15, 0.2) is 0 Å². The zero-order chi connectivity index (χ0) is 13.9. The van der Waals surface area contributed by atoms with Crippen LogP contribution in [0.3, 0.4) is 0 Å². The lowest BCUT2D eigenvalue weighted by molar-refractivity contribution is -0.335. The van der Waals surface area contributed by atoms with Crippen molar-refractivity contribution in [2.75, 3.05) is 6.61 Å². The maximum Gasteiger partial charge on any atom is 0.428 e. The average Bonchev–Trinajstić information content (AvgIpc) is 2.08. The number of alkyl halides is 6. The Morgan fingerprint density at radius 1 is 1.06 bits per heavy atom. The largest absolute Gasteiger partial charge is 0.428 e. The Bertz CT molecular complexity index is 243. The summed E-state index contributed by atoms with van der Waals surface area (Å²) in [5.74, 6) is 0. The zero-order valence-corrected chi connectivity index (χ0v) is 13.8. The van der Waals surface area contributed by atoms with E-state index in [-0.39, 0.29) is 6.42 Å². The van der Waals surface area contributed by atoms with Crippen LogP contribution < -0.4 is 0 Å². The van der Waals surface area contributed by atoms with Gasteiger partial charge in [-0.25, -0.2) is 4.39 Å². The van der Waals surface area contributed by atoms with Crippen molar-refractivity contribution in [3.8, 4) is 0 Å². The van der Waals surface area contributed by atoms with E-state index in [0.29, 0.717) is 6.04 Å². The van der Waals surface area contributed by atoms with Crippen LogP contribution >= 0.6 is 45.9 Å². The van der Waals surface area contributed by atoms with Crippen molar-refractivity contribution in [2.24, 2.45) is 0 Å². The third-order valence-corrected chi connectivity index (χ3v) is 5.97. The monoisotopic (exact) mass is 474 g/mol. The Morgan fingerprint density at radius 2 is 1.53 bits per heavy atom. The van der Waals surface area contributed by atoms with Gasteiger partial charge in [0.15, 0.2) is 0 Å². The van der Waals surface area contributed by atoms with Gasteiger partial charge in [0.2, 0.25) is 0 Å². The van der Waals surface area contributed by atoms with Gasteiger partial charge in [-0.15, -0.1) is 0 Å². The Kier molecular flexibility index (Phi) is 7.04. The molecular weight excluding hydrogens is 470 g/mol. The van der Waals surface area contributed by atoms with E-state index in [1.165, 1.54) is 0 Å². The van der Waals surface area contributed by atoms with E-state index >= 15 is 0 Å². The highest BCUT2D eigenvalue weighted by atomic mass is 80.0. The summed E-state index contributed by atoms with van der Waals surface area (Å²) in [4.78, 5) is 0. The summed E-state index contributed by atoms with van der Waals surface area (Å²) in [5.41, 5.74) is 0. The molecule has 17 heavy (non-hydrogen) atoms. The molecule has 0 bridgehead atoms. The fraction of sp³-hybridized carbons (Fsp3) is 1.00. The van der Waals surface area contributed by atoms with Gasteiger partial charge in [-0.2, -0.15) is 22.0 Å². The molecule has 0 aliphatic rings.